The molecule has 0 saturated carbocycles. The van der Waals surface area contributed by atoms with Crippen molar-refractivity contribution in [2.45, 2.75) is 13.3 Å². The summed E-state index contributed by atoms with van der Waals surface area (Å²) in [6.45, 7) is 2.90. The van der Waals surface area contributed by atoms with Crippen LogP contribution in [0.25, 0.3) is 0 Å². The van der Waals surface area contributed by atoms with Crippen LogP contribution < -0.4 is 10.6 Å². The average molecular weight is 368 g/mol. The zero-order chi connectivity index (χ0) is 15.2. The Hall–Kier alpha value is -1.52. The molecule has 2 aromatic carbocycles. The minimum absolute atomic E-state index is 0.186. The molecule has 0 atom stereocenters. The van der Waals surface area contributed by atoms with Crippen molar-refractivity contribution in [1.82, 2.24) is 0 Å². The van der Waals surface area contributed by atoms with Gasteiger partial charge in [0.05, 0.1) is 16.3 Å². The molecule has 0 aliphatic carbocycles. The second kappa shape index (κ2) is 7.48. The summed E-state index contributed by atoms with van der Waals surface area (Å²) in [5, 5.41) is 6.60. The number of amides is 1. The number of nitrogens with one attached hydrogen (secondary N) is 2. The zero-order valence-electron chi connectivity index (χ0n) is 11.6. The van der Waals surface area contributed by atoms with E-state index in [0.717, 1.165) is 23.1 Å². The van der Waals surface area contributed by atoms with Gasteiger partial charge in [-0.15, -0.1) is 0 Å². The minimum atomic E-state index is -0.186. The normalized spacial score (nSPS) is 10.2. The van der Waals surface area contributed by atoms with E-state index in [0.29, 0.717) is 16.3 Å². The van der Waals surface area contributed by atoms with E-state index in [1.54, 1.807) is 18.2 Å². The van der Waals surface area contributed by atoms with Crippen LogP contribution in [0.1, 0.15) is 23.7 Å². The largest absolute Gasteiger partial charge is 0.384 e. The van der Waals surface area contributed by atoms with Gasteiger partial charge in [0.2, 0.25) is 0 Å². The van der Waals surface area contributed by atoms with Crippen molar-refractivity contribution >= 4 is 44.8 Å². The topological polar surface area (TPSA) is 41.1 Å². The molecular formula is C16H16BrClN2O. The number of carbonyl (C=O) groups excluding carboxylic acids is 1. The molecule has 0 radical (unpaired) electrons. The molecule has 2 rings (SSSR count). The molecule has 3 nitrogen and oxygen atoms in total. The van der Waals surface area contributed by atoms with E-state index in [4.69, 9.17) is 11.6 Å². The van der Waals surface area contributed by atoms with Crippen LogP contribution >= 0.6 is 27.5 Å². The van der Waals surface area contributed by atoms with Crippen LogP contribution in [-0.2, 0) is 0 Å². The Morgan fingerprint density at radius 2 is 1.95 bits per heavy atom. The smallest absolute Gasteiger partial charge is 0.257 e. The Balaban J connectivity index is 2.22. The molecule has 0 spiro atoms. The molecule has 0 aliphatic rings. The second-order valence-electron chi connectivity index (χ2n) is 4.55. The minimum Gasteiger partial charge on any atom is -0.384 e. The van der Waals surface area contributed by atoms with Crippen LogP contribution in [0.4, 0.5) is 11.4 Å². The van der Waals surface area contributed by atoms with Crippen LogP contribution in [0, 0.1) is 0 Å². The maximum Gasteiger partial charge on any atom is 0.257 e. The average Bonchev–Trinajstić information content (AvgIpc) is 2.49. The van der Waals surface area contributed by atoms with Gasteiger partial charge in [-0.3, -0.25) is 4.79 Å². The lowest BCUT2D eigenvalue weighted by Gasteiger charge is -2.12. The number of carbonyl (C=O) groups is 1. The highest BCUT2D eigenvalue weighted by Gasteiger charge is 2.12. The number of hydrogen-bond donors (Lipinski definition) is 2. The highest BCUT2D eigenvalue weighted by Crippen LogP contribution is 2.27. The molecule has 0 saturated heterocycles. The molecule has 1 amide bonds. The monoisotopic (exact) mass is 366 g/mol. The first kappa shape index (κ1) is 15.9. The van der Waals surface area contributed by atoms with Crippen molar-refractivity contribution in [2.24, 2.45) is 0 Å². The van der Waals surface area contributed by atoms with Crippen molar-refractivity contribution in [2.75, 3.05) is 17.2 Å². The molecule has 0 aliphatic heterocycles. The van der Waals surface area contributed by atoms with E-state index in [1.807, 2.05) is 24.3 Å². The molecule has 0 heterocycles. The maximum atomic E-state index is 12.4. The van der Waals surface area contributed by atoms with Gasteiger partial charge in [-0.2, -0.15) is 0 Å². The Morgan fingerprint density at radius 1 is 1.19 bits per heavy atom. The van der Waals surface area contributed by atoms with Gasteiger partial charge in [-0.1, -0.05) is 46.6 Å². The quantitative estimate of drug-likeness (QED) is 0.765. The Bertz CT molecular complexity index is 646. The van der Waals surface area contributed by atoms with Gasteiger partial charge in [0.1, 0.15) is 0 Å². The van der Waals surface area contributed by atoms with Crippen molar-refractivity contribution in [3.05, 3.63) is 57.5 Å². The summed E-state index contributed by atoms with van der Waals surface area (Å²) in [5.74, 6) is -0.186. The third kappa shape index (κ3) is 4.22. The van der Waals surface area contributed by atoms with Crippen LogP contribution in [0.3, 0.4) is 0 Å². The summed E-state index contributed by atoms with van der Waals surface area (Å²) in [6.07, 6.45) is 0.993. The molecule has 0 bridgehead atoms. The van der Waals surface area contributed by atoms with Crippen LogP contribution in [0.5, 0.6) is 0 Å². The van der Waals surface area contributed by atoms with Gasteiger partial charge in [-0.05, 0) is 36.8 Å². The summed E-state index contributed by atoms with van der Waals surface area (Å²) in [4.78, 5) is 12.4. The van der Waals surface area contributed by atoms with Gasteiger partial charge >= 0.3 is 0 Å². The fraction of sp³-hybridized carbons (Fsp3) is 0.188. The maximum absolute atomic E-state index is 12.4. The summed E-state index contributed by atoms with van der Waals surface area (Å²) in [7, 11) is 0. The van der Waals surface area contributed by atoms with Gasteiger partial charge in [-0.25, -0.2) is 0 Å². The molecule has 2 N–H and O–H groups in total. The van der Waals surface area contributed by atoms with E-state index in [1.165, 1.54) is 0 Å². The number of benzene rings is 2. The molecule has 0 fully saturated rings. The second-order valence-corrected chi connectivity index (χ2v) is 5.87. The lowest BCUT2D eigenvalue weighted by atomic mass is 10.1. The van der Waals surface area contributed by atoms with E-state index in [9.17, 15) is 4.79 Å². The predicted molar refractivity (Wildman–Crippen MR) is 92.3 cm³/mol. The Kier molecular flexibility index (Phi) is 5.65. The SMILES string of the molecule is CCCNc1ccccc1C(=O)Nc1cc(Br)ccc1Cl. The van der Waals surface area contributed by atoms with Crippen molar-refractivity contribution in [3.8, 4) is 0 Å². The predicted octanol–water partition coefficient (Wildman–Crippen LogP) is 5.18. The lowest BCUT2D eigenvalue weighted by molar-refractivity contribution is 0.102. The summed E-state index contributed by atoms with van der Waals surface area (Å²) >= 11 is 9.47. The van der Waals surface area contributed by atoms with Gasteiger partial charge in [0.15, 0.2) is 0 Å². The van der Waals surface area contributed by atoms with Crippen molar-refractivity contribution < 1.29 is 4.79 Å². The van der Waals surface area contributed by atoms with E-state index >= 15 is 0 Å². The lowest BCUT2D eigenvalue weighted by Crippen LogP contribution is -2.15. The number of halogens is 2. The van der Waals surface area contributed by atoms with Gasteiger partial charge in [0.25, 0.3) is 5.91 Å². The highest BCUT2D eigenvalue weighted by molar-refractivity contribution is 9.10. The zero-order valence-corrected chi connectivity index (χ0v) is 14.0. The molecule has 0 aromatic heterocycles. The van der Waals surface area contributed by atoms with Gasteiger partial charge in [0, 0.05) is 16.7 Å². The summed E-state index contributed by atoms with van der Waals surface area (Å²) in [5.41, 5.74) is 2.01. The van der Waals surface area contributed by atoms with Crippen LogP contribution in [0.2, 0.25) is 5.02 Å². The van der Waals surface area contributed by atoms with Crippen LogP contribution in [0.15, 0.2) is 46.9 Å². The number of hydrogen-bond acceptors (Lipinski definition) is 2. The number of rotatable bonds is 5. The van der Waals surface area contributed by atoms with E-state index < -0.39 is 0 Å². The van der Waals surface area contributed by atoms with Crippen LogP contribution in [-0.4, -0.2) is 12.5 Å². The first-order chi connectivity index (χ1) is 10.1. The molecule has 2 aromatic rings. The fourth-order valence-electron chi connectivity index (χ4n) is 1.88. The third-order valence-electron chi connectivity index (χ3n) is 2.91. The van der Waals surface area contributed by atoms with E-state index in [2.05, 4.69) is 33.5 Å². The first-order valence-electron chi connectivity index (χ1n) is 6.71. The van der Waals surface area contributed by atoms with Gasteiger partial charge < -0.3 is 10.6 Å². The molecule has 110 valence electrons. The van der Waals surface area contributed by atoms with Crippen molar-refractivity contribution in [3.63, 3.8) is 0 Å². The molecule has 21 heavy (non-hydrogen) atoms. The van der Waals surface area contributed by atoms with E-state index in [-0.39, 0.29) is 5.91 Å². The molecule has 5 heteroatoms. The van der Waals surface area contributed by atoms with Crippen molar-refractivity contribution in [1.29, 1.82) is 0 Å². The highest BCUT2D eigenvalue weighted by atomic mass is 79.9. The fourth-order valence-corrected chi connectivity index (χ4v) is 2.40. The third-order valence-corrected chi connectivity index (χ3v) is 3.74. The standard InChI is InChI=1S/C16H16BrClN2O/c1-2-9-19-14-6-4-3-5-12(14)16(21)20-15-10-11(17)7-8-13(15)18/h3-8,10,19H,2,9H2,1H3,(H,20,21). The number of anilines is 2. The molecular weight excluding hydrogens is 352 g/mol. The Labute approximate surface area is 137 Å². The number of para-hydroxylation sites is 1. The Morgan fingerprint density at radius 3 is 2.71 bits per heavy atom. The summed E-state index contributed by atoms with van der Waals surface area (Å²) < 4.78 is 0.861. The first-order valence-corrected chi connectivity index (χ1v) is 7.88. The molecule has 0 unspecified atom stereocenters. The summed E-state index contributed by atoms with van der Waals surface area (Å²) in [6, 6.07) is 12.8.